The number of H-pyrrole nitrogens is 1. The SMILES string of the molecule is CN(C(=O)c1n[nH]c2ccc([N+](=O)[O-])cc12)C1(C(=O)O)CCCCC1. The maximum absolute atomic E-state index is 12.9. The van der Waals surface area contributed by atoms with Gasteiger partial charge in [0.25, 0.3) is 11.6 Å². The van der Waals surface area contributed by atoms with Crippen molar-refractivity contribution in [2.75, 3.05) is 7.05 Å². The van der Waals surface area contributed by atoms with Crippen molar-refractivity contribution in [1.29, 1.82) is 0 Å². The van der Waals surface area contributed by atoms with Crippen molar-refractivity contribution in [3.8, 4) is 0 Å². The predicted octanol–water partition coefficient (Wildman–Crippen LogP) is 2.33. The molecule has 1 heterocycles. The first kappa shape index (κ1) is 16.9. The van der Waals surface area contributed by atoms with E-state index in [4.69, 9.17) is 0 Å². The molecule has 2 aromatic rings. The molecule has 0 radical (unpaired) electrons. The van der Waals surface area contributed by atoms with Gasteiger partial charge in [0.2, 0.25) is 0 Å². The number of nitrogens with one attached hydrogen (secondary N) is 1. The minimum Gasteiger partial charge on any atom is -0.479 e. The van der Waals surface area contributed by atoms with Crippen LogP contribution in [0.2, 0.25) is 0 Å². The molecule has 1 aromatic carbocycles. The number of aromatic nitrogens is 2. The van der Waals surface area contributed by atoms with Crippen molar-refractivity contribution in [1.82, 2.24) is 15.1 Å². The number of amides is 1. The lowest BCUT2D eigenvalue weighted by Crippen LogP contribution is -2.56. The Morgan fingerprint density at radius 2 is 2.00 bits per heavy atom. The maximum atomic E-state index is 12.9. The number of carbonyl (C=O) groups excluding carboxylic acids is 1. The molecule has 1 aliphatic carbocycles. The summed E-state index contributed by atoms with van der Waals surface area (Å²) in [4.78, 5) is 36.5. The summed E-state index contributed by atoms with van der Waals surface area (Å²) in [6, 6.07) is 4.07. The first-order valence-electron chi connectivity index (χ1n) is 8.01. The van der Waals surface area contributed by atoms with Gasteiger partial charge in [0.15, 0.2) is 5.69 Å². The smallest absolute Gasteiger partial charge is 0.329 e. The second-order valence-corrected chi connectivity index (χ2v) is 6.32. The van der Waals surface area contributed by atoms with Gasteiger partial charge in [0.1, 0.15) is 5.54 Å². The van der Waals surface area contributed by atoms with Gasteiger partial charge in [0.05, 0.1) is 10.4 Å². The number of fused-ring (bicyclic) bond motifs is 1. The van der Waals surface area contributed by atoms with Crippen LogP contribution in [-0.2, 0) is 4.79 Å². The molecule has 132 valence electrons. The molecule has 0 saturated heterocycles. The summed E-state index contributed by atoms with van der Waals surface area (Å²) in [7, 11) is 1.46. The highest BCUT2D eigenvalue weighted by Gasteiger charge is 2.46. The summed E-state index contributed by atoms with van der Waals surface area (Å²) in [6.07, 6.45) is 3.17. The molecule has 0 bridgehead atoms. The van der Waals surface area contributed by atoms with Gasteiger partial charge in [-0.25, -0.2) is 4.79 Å². The lowest BCUT2D eigenvalue weighted by atomic mass is 9.80. The van der Waals surface area contributed by atoms with Crippen LogP contribution in [0.4, 0.5) is 5.69 Å². The summed E-state index contributed by atoms with van der Waals surface area (Å²) in [5.41, 5.74) is -0.944. The molecule has 1 amide bonds. The molecule has 1 saturated carbocycles. The van der Waals surface area contributed by atoms with E-state index in [1.165, 1.54) is 30.1 Å². The molecule has 1 aliphatic rings. The molecular formula is C16H18N4O5. The number of nitro benzene ring substituents is 1. The van der Waals surface area contributed by atoms with Crippen molar-refractivity contribution in [2.45, 2.75) is 37.6 Å². The summed E-state index contributed by atoms with van der Waals surface area (Å²) >= 11 is 0. The zero-order valence-corrected chi connectivity index (χ0v) is 13.7. The van der Waals surface area contributed by atoms with Gasteiger partial charge in [0, 0.05) is 24.6 Å². The van der Waals surface area contributed by atoms with E-state index in [-0.39, 0.29) is 11.4 Å². The van der Waals surface area contributed by atoms with Crippen LogP contribution in [-0.4, -0.2) is 49.6 Å². The topological polar surface area (TPSA) is 129 Å². The minimum atomic E-state index is -1.26. The summed E-state index contributed by atoms with van der Waals surface area (Å²) in [5, 5.41) is 27.6. The lowest BCUT2D eigenvalue weighted by Gasteiger charge is -2.40. The minimum absolute atomic E-state index is 0.00704. The monoisotopic (exact) mass is 346 g/mol. The zero-order valence-electron chi connectivity index (χ0n) is 13.7. The lowest BCUT2D eigenvalue weighted by molar-refractivity contribution is -0.384. The molecule has 0 spiro atoms. The highest BCUT2D eigenvalue weighted by molar-refractivity contribution is 6.06. The molecular weight excluding hydrogens is 328 g/mol. The van der Waals surface area contributed by atoms with Crippen LogP contribution in [0, 0.1) is 10.1 Å². The van der Waals surface area contributed by atoms with Crippen molar-refractivity contribution < 1.29 is 19.6 Å². The number of likely N-dealkylation sites (N-methyl/N-ethyl adjacent to an activating group) is 1. The molecule has 9 nitrogen and oxygen atoms in total. The van der Waals surface area contributed by atoms with Crippen LogP contribution in [0.1, 0.15) is 42.6 Å². The fourth-order valence-electron chi connectivity index (χ4n) is 3.46. The van der Waals surface area contributed by atoms with Gasteiger partial charge in [-0.15, -0.1) is 0 Å². The van der Waals surface area contributed by atoms with Crippen LogP contribution >= 0.6 is 0 Å². The number of hydrogen-bond donors (Lipinski definition) is 2. The Balaban J connectivity index is 2.02. The normalized spacial score (nSPS) is 16.5. The molecule has 3 rings (SSSR count). The van der Waals surface area contributed by atoms with E-state index in [1.54, 1.807) is 0 Å². The number of benzene rings is 1. The molecule has 25 heavy (non-hydrogen) atoms. The number of carboxylic acids is 1. The number of nitrogens with zero attached hydrogens (tertiary/aromatic N) is 3. The molecule has 2 N–H and O–H groups in total. The fraction of sp³-hybridized carbons (Fsp3) is 0.438. The average Bonchev–Trinajstić information content (AvgIpc) is 3.03. The molecule has 0 unspecified atom stereocenters. The van der Waals surface area contributed by atoms with Crippen LogP contribution in [0.5, 0.6) is 0 Å². The number of aromatic amines is 1. The summed E-state index contributed by atoms with van der Waals surface area (Å²) < 4.78 is 0. The summed E-state index contributed by atoms with van der Waals surface area (Å²) in [6.45, 7) is 0. The highest BCUT2D eigenvalue weighted by Crippen LogP contribution is 2.35. The number of carboxylic acid groups (broad SMARTS) is 1. The van der Waals surface area contributed by atoms with E-state index in [1.807, 2.05) is 0 Å². The Hall–Kier alpha value is -2.97. The first-order chi connectivity index (χ1) is 11.9. The Morgan fingerprint density at radius 1 is 1.32 bits per heavy atom. The van der Waals surface area contributed by atoms with Crippen LogP contribution in [0.3, 0.4) is 0 Å². The standard InChI is InChI=1S/C16H18N4O5/c1-19(16(15(22)23)7-3-2-4-8-16)14(21)13-11-9-10(20(24)25)5-6-12(11)17-18-13/h5-6,9H,2-4,7-8H2,1H3,(H,17,18)(H,22,23). The van der Waals surface area contributed by atoms with Gasteiger partial charge in [-0.05, 0) is 18.9 Å². The number of rotatable bonds is 4. The Labute approximate surface area is 142 Å². The predicted molar refractivity (Wildman–Crippen MR) is 88.3 cm³/mol. The number of aliphatic carboxylic acids is 1. The van der Waals surface area contributed by atoms with E-state index in [0.29, 0.717) is 23.7 Å². The Bertz CT molecular complexity index is 853. The quantitative estimate of drug-likeness (QED) is 0.645. The van der Waals surface area contributed by atoms with Gasteiger partial charge >= 0.3 is 5.97 Å². The van der Waals surface area contributed by atoms with E-state index >= 15 is 0 Å². The number of carbonyl (C=O) groups is 2. The van der Waals surface area contributed by atoms with E-state index in [0.717, 1.165) is 19.3 Å². The summed E-state index contributed by atoms with van der Waals surface area (Å²) in [5.74, 6) is -1.59. The number of non-ortho nitro benzene ring substituents is 1. The van der Waals surface area contributed by atoms with Gasteiger partial charge in [-0.3, -0.25) is 20.0 Å². The van der Waals surface area contributed by atoms with Crippen molar-refractivity contribution >= 4 is 28.5 Å². The maximum Gasteiger partial charge on any atom is 0.329 e. The van der Waals surface area contributed by atoms with Crippen LogP contribution in [0.25, 0.3) is 10.9 Å². The van der Waals surface area contributed by atoms with Gasteiger partial charge in [-0.2, -0.15) is 5.10 Å². The molecule has 0 aliphatic heterocycles. The van der Waals surface area contributed by atoms with Crippen LogP contribution < -0.4 is 0 Å². The molecule has 1 fully saturated rings. The number of hydrogen-bond acceptors (Lipinski definition) is 5. The fourth-order valence-corrected chi connectivity index (χ4v) is 3.46. The van der Waals surface area contributed by atoms with E-state index in [9.17, 15) is 24.8 Å². The third kappa shape index (κ3) is 2.71. The Kier molecular flexibility index (Phi) is 4.15. The Morgan fingerprint density at radius 3 is 2.60 bits per heavy atom. The largest absolute Gasteiger partial charge is 0.479 e. The second-order valence-electron chi connectivity index (χ2n) is 6.32. The van der Waals surface area contributed by atoms with Crippen molar-refractivity contribution in [3.05, 3.63) is 34.0 Å². The second kappa shape index (κ2) is 6.15. The molecule has 9 heteroatoms. The average molecular weight is 346 g/mol. The van der Waals surface area contributed by atoms with Crippen molar-refractivity contribution in [2.24, 2.45) is 0 Å². The first-order valence-corrected chi connectivity index (χ1v) is 8.01. The van der Waals surface area contributed by atoms with Crippen LogP contribution in [0.15, 0.2) is 18.2 Å². The van der Waals surface area contributed by atoms with Gasteiger partial charge < -0.3 is 10.0 Å². The highest BCUT2D eigenvalue weighted by atomic mass is 16.6. The third-order valence-electron chi connectivity index (χ3n) is 4.99. The molecule has 0 atom stereocenters. The number of nitro groups is 1. The third-order valence-corrected chi connectivity index (χ3v) is 4.99. The zero-order chi connectivity index (χ0) is 18.2. The van der Waals surface area contributed by atoms with Crippen molar-refractivity contribution in [3.63, 3.8) is 0 Å². The van der Waals surface area contributed by atoms with E-state index < -0.39 is 22.3 Å². The molecule has 1 aromatic heterocycles. The van der Waals surface area contributed by atoms with E-state index in [2.05, 4.69) is 10.2 Å². The van der Waals surface area contributed by atoms with Gasteiger partial charge in [-0.1, -0.05) is 19.3 Å².